The smallest absolute Gasteiger partial charge is 0.184 e. The lowest BCUT2D eigenvalue weighted by Crippen LogP contribution is -2.43. The highest BCUT2D eigenvalue weighted by Crippen LogP contribution is 2.27. The summed E-state index contributed by atoms with van der Waals surface area (Å²) in [5.74, 6) is 1.36. The molecule has 1 aliphatic rings. The van der Waals surface area contributed by atoms with Gasteiger partial charge in [0.05, 0.1) is 25.8 Å². The Bertz CT molecular complexity index is 504. The molecule has 1 aromatic carbocycles. The van der Waals surface area contributed by atoms with Gasteiger partial charge in [-0.05, 0) is 45.7 Å². The van der Waals surface area contributed by atoms with Crippen LogP contribution in [0.25, 0.3) is 0 Å². The van der Waals surface area contributed by atoms with Crippen molar-refractivity contribution in [2.24, 2.45) is 0 Å². The molecule has 0 N–H and O–H groups in total. The number of hydrogen-bond donors (Lipinski definition) is 0. The van der Waals surface area contributed by atoms with Gasteiger partial charge in [-0.15, -0.1) is 0 Å². The van der Waals surface area contributed by atoms with Crippen molar-refractivity contribution < 1.29 is 14.3 Å². The summed E-state index contributed by atoms with van der Waals surface area (Å²) < 4.78 is 10.5. The first-order chi connectivity index (χ1) is 10.1. The van der Waals surface area contributed by atoms with Crippen molar-refractivity contribution in [1.82, 2.24) is 9.80 Å². The number of rotatable bonds is 4. The van der Waals surface area contributed by atoms with Crippen LogP contribution in [0.3, 0.4) is 0 Å². The Kier molecular flexibility index (Phi) is 5.20. The standard InChI is InChI=1S/C16H24N2O3/c1-17-8-5-9-18(2)14(11-17)16(19)13-7-6-12(20-3)10-15(13)21-4/h6-7,10,14H,5,8-9,11H2,1-4H3. The molecular formula is C16H24N2O3. The molecule has 1 saturated heterocycles. The van der Waals surface area contributed by atoms with Crippen molar-refractivity contribution in [2.45, 2.75) is 12.5 Å². The largest absolute Gasteiger partial charge is 0.497 e. The number of nitrogens with zero attached hydrogens (tertiary/aromatic N) is 2. The fraction of sp³-hybridized carbons (Fsp3) is 0.562. The molecule has 0 aliphatic carbocycles. The average molecular weight is 292 g/mol. The first-order valence-electron chi connectivity index (χ1n) is 7.22. The van der Waals surface area contributed by atoms with E-state index in [0.29, 0.717) is 17.1 Å². The molecule has 0 spiro atoms. The maximum Gasteiger partial charge on any atom is 0.184 e. The Morgan fingerprint density at radius 3 is 2.62 bits per heavy atom. The molecule has 116 valence electrons. The molecule has 1 aliphatic heterocycles. The maximum atomic E-state index is 12.9. The fourth-order valence-electron chi connectivity index (χ4n) is 2.74. The van der Waals surface area contributed by atoms with Crippen LogP contribution >= 0.6 is 0 Å². The van der Waals surface area contributed by atoms with E-state index in [1.165, 1.54) is 0 Å². The third kappa shape index (κ3) is 3.54. The van der Waals surface area contributed by atoms with Crippen LogP contribution in [0.5, 0.6) is 11.5 Å². The molecular weight excluding hydrogens is 268 g/mol. The normalized spacial score (nSPS) is 20.9. The van der Waals surface area contributed by atoms with E-state index in [1.807, 2.05) is 7.05 Å². The van der Waals surface area contributed by atoms with Crippen LogP contribution in [-0.4, -0.2) is 69.6 Å². The summed E-state index contributed by atoms with van der Waals surface area (Å²) in [6, 6.07) is 5.21. The third-order valence-corrected chi connectivity index (χ3v) is 4.04. The predicted octanol–water partition coefficient (Wildman–Crippen LogP) is 1.52. The summed E-state index contributed by atoms with van der Waals surface area (Å²) >= 11 is 0. The highest BCUT2D eigenvalue weighted by atomic mass is 16.5. The molecule has 1 aromatic rings. The zero-order valence-corrected chi connectivity index (χ0v) is 13.3. The van der Waals surface area contributed by atoms with Crippen LogP contribution in [0, 0.1) is 0 Å². The summed E-state index contributed by atoms with van der Waals surface area (Å²) in [5, 5.41) is 0. The minimum absolute atomic E-state index is 0.103. The van der Waals surface area contributed by atoms with Crippen molar-refractivity contribution in [2.75, 3.05) is 47.9 Å². The minimum atomic E-state index is -0.139. The Balaban J connectivity index is 2.29. The second-order valence-corrected chi connectivity index (χ2v) is 5.54. The number of ether oxygens (including phenoxy) is 2. The highest BCUT2D eigenvalue weighted by molar-refractivity contribution is 6.02. The summed E-state index contributed by atoms with van der Waals surface area (Å²) in [7, 11) is 7.25. The maximum absolute atomic E-state index is 12.9. The monoisotopic (exact) mass is 292 g/mol. The lowest BCUT2D eigenvalue weighted by molar-refractivity contribution is 0.0836. The van der Waals surface area contributed by atoms with E-state index < -0.39 is 0 Å². The second-order valence-electron chi connectivity index (χ2n) is 5.54. The molecule has 0 bridgehead atoms. The number of hydrogen-bond acceptors (Lipinski definition) is 5. The van der Waals surface area contributed by atoms with Crippen LogP contribution in [0.2, 0.25) is 0 Å². The predicted molar refractivity (Wildman–Crippen MR) is 82.4 cm³/mol. The summed E-state index contributed by atoms with van der Waals surface area (Å²) in [6.07, 6.45) is 1.08. The summed E-state index contributed by atoms with van der Waals surface area (Å²) in [4.78, 5) is 17.2. The summed E-state index contributed by atoms with van der Waals surface area (Å²) in [6.45, 7) is 2.69. The third-order valence-electron chi connectivity index (χ3n) is 4.04. The van der Waals surface area contributed by atoms with Crippen molar-refractivity contribution >= 4 is 5.78 Å². The molecule has 21 heavy (non-hydrogen) atoms. The van der Waals surface area contributed by atoms with Gasteiger partial charge in [0.1, 0.15) is 11.5 Å². The van der Waals surface area contributed by atoms with E-state index in [-0.39, 0.29) is 11.8 Å². The number of methoxy groups -OCH3 is 2. The van der Waals surface area contributed by atoms with Crippen molar-refractivity contribution in [3.63, 3.8) is 0 Å². The van der Waals surface area contributed by atoms with Gasteiger partial charge in [0, 0.05) is 12.6 Å². The van der Waals surface area contributed by atoms with Gasteiger partial charge < -0.3 is 14.4 Å². The van der Waals surface area contributed by atoms with Crippen LogP contribution < -0.4 is 9.47 Å². The van der Waals surface area contributed by atoms with Gasteiger partial charge in [-0.1, -0.05) is 0 Å². The number of likely N-dealkylation sites (N-methyl/N-ethyl adjacent to an activating group) is 2. The van der Waals surface area contributed by atoms with Gasteiger partial charge in [-0.25, -0.2) is 0 Å². The lowest BCUT2D eigenvalue weighted by Gasteiger charge is -2.26. The van der Waals surface area contributed by atoms with Crippen LogP contribution in [-0.2, 0) is 0 Å². The molecule has 1 atom stereocenters. The Labute approximate surface area is 126 Å². The summed E-state index contributed by atoms with van der Waals surface area (Å²) in [5.41, 5.74) is 0.616. The van der Waals surface area contributed by atoms with Gasteiger partial charge >= 0.3 is 0 Å². The zero-order valence-electron chi connectivity index (χ0n) is 13.3. The number of carbonyl (C=O) groups excluding carboxylic acids is 1. The number of carbonyl (C=O) groups is 1. The lowest BCUT2D eigenvalue weighted by atomic mass is 10.0. The quantitative estimate of drug-likeness (QED) is 0.787. The van der Waals surface area contributed by atoms with Crippen LogP contribution in [0.15, 0.2) is 18.2 Å². The SMILES string of the molecule is COc1ccc(C(=O)C2CN(C)CCCN2C)c(OC)c1. The molecule has 1 unspecified atom stereocenters. The molecule has 2 rings (SSSR count). The Hall–Kier alpha value is -1.59. The fourth-order valence-corrected chi connectivity index (χ4v) is 2.74. The molecule has 5 nitrogen and oxygen atoms in total. The highest BCUT2D eigenvalue weighted by Gasteiger charge is 2.29. The van der Waals surface area contributed by atoms with Crippen LogP contribution in [0.1, 0.15) is 16.8 Å². The van der Waals surface area contributed by atoms with Crippen molar-refractivity contribution in [1.29, 1.82) is 0 Å². The van der Waals surface area contributed by atoms with E-state index in [9.17, 15) is 4.79 Å². The van der Waals surface area contributed by atoms with Crippen molar-refractivity contribution in [3.8, 4) is 11.5 Å². The number of ketones is 1. The first-order valence-corrected chi connectivity index (χ1v) is 7.22. The van der Waals surface area contributed by atoms with E-state index in [0.717, 1.165) is 26.1 Å². The Morgan fingerprint density at radius 2 is 1.95 bits per heavy atom. The van der Waals surface area contributed by atoms with E-state index >= 15 is 0 Å². The van der Waals surface area contributed by atoms with E-state index in [4.69, 9.17) is 9.47 Å². The number of benzene rings is 1. The number of Topliss-reactive ketones (excluding diaryl/α,β-unsaturated/α-hetero) is 1. The molecule has 1 heterocycles. The molecule has 0 amide bonds. The minimum Gasteiger partial charge on any atom is -0.497 e. The van der Waals surface area contributed by atoms with Gasteiger partial charge in [-0.2, -0.15) is 0 Å². The second kappa shape index (κ2) is 6.91. The molecule has 0 saturated carbocycles. The van der Waals surface area contributed by atoms with Crippen molar-refractivity contribution in [3.05, 3.63) is 23.8 Å². The zero-order chi connectivity index (χ0) is 15.4. The molecule has 5 heteroatoms. The van der Waals surface area contributed by atoms with Gasteiger partial charge in [0.2, 0.25) is 0 Å². The molecule has 0 aromatic heterocycles. The van der Waals surface area contributed by atoms with Gasteiger partial charge in [-0.3, -0.25) is 9.69 Å². The topological polar surface area (TPSA) is 42.0 Å². The van der Waals surface area contributed by atoms with Gasteiger partial charge in [0.15, 0.2) is 5.78 Å². The molecule has 1 fully saturated rings. The van der Waals surface area contributed by atoms with E-state index in [1.54, 1.807) is 32.4 Å². The van der Waals surface area contributed by atoms with Crippen LogP contribution in [0.4, 0.5) is 0 Å². The van der Waals surface area contributed by atoms with Gasteiger partial charge in [0.25, 0.3) is 0 Å². The molecule has 0 radical (unpaired) electrons. The average Bonchev–Trinajstić information content (AvgIpc) is 2.67. The van der Waals surface area contributed by atoms with E-state index in [2.05, 4.69) is 16.8 Å². The first kappa shape index (κ1) is 15.8. The Morgan fingerprint density at radius 1 is 1.19 bits per heavy atom.